The molecule has 2 unspecified atom stereocenters. The van der Waals surface area contributed by atoms with Gasteiger partial charge in [-0.15, -0.1) is 0 Å². The van der Waals surface area contributed by atoms with Gasteiger partial charge in [0.2, 0.25) is 0 Å². The third-order valence-electron chi connectivity index (χ3n) is 4.55. The minimum Gasteiger partial charge on any atom is -0.314 e. The van der Waals surface area contributed by atoms with Crippen molar-refractivity contribution in [2.45, 2.75) is 64.3 Å². The summed E-state index contributed by atoms with van der Waals surface area (Å²) in [6.45, 7) is 3.40. The topological polar surface area (TPSA) is 12.0 Å². The highest BCUT2D eigenvalue weighted by Crippen LogP contribution is 2.26. The molecule has 1 aromatic rings. The van der Waals surface area contributed by atoms with Crippen molar-refractivity contribution >= 4 is 11.6 Å². The van der Waals surface area contributed by atoms with E-state index < -0.39 is 0 Å². The zero-order valence-corrected chi connectivity index (χ0v) is 13.5. The van der Waals surface area contributed by atoms with E-state index >= 15 is 0 Å². The van der Waals surface area contributed by atoms with Crippen LogP contribution in [0, 0.1) is 5.92 Å². The van der Waals surface area contributed by atoms with Crippen LogP contribution >= 0.6 is 11.6 Å². The van der Waals surface area contributed by atoms with Crippen LogP contribution in [-0.4, -0.2) is 12.6 Å². The normalized spacial score (nSPS) is 23.5. The summed E-state index contributed by atoms with van der Waals surface area (Å²) in [5, 5.41) is 4.58. The Bertz CT molecular complexity index is 374. The Labute approximate surface area is 129 Å². The van der Waals surface area contributed by atoms with E-state index in [1.54, 1.807) is 0 Å². The highest BCUT2D eigenvalue weighted by molar-refractivity contribution is 6.30. The summed E-state index contributed by atoms with van der Waals surface area (Å²) in [5.41, 5.74) is 1.37. The Hall–Kier alpha value is -0.530. The molecule has 1 N–H and O–H groups in total. The monoisotopic (exact) mass is 293 g/mol. The molecule has 2 heteroatoms. The van der Waals surface area contributed by atoms with Crippen molar-refractivity contribution in [3.8, 4) is 0 Å². The first kappa shape index (κ1) is 15.9. The van der Waals surface area contributed by atoms with Crippen LogP contribution < -0.4 is 5.32 Å². The van der Waals surface area contributed by atoms with Crippen LogP contribution in [0.25, 0.3) is 0 Å². The molecule has 1 saturated carbocycles. The smallest absolute Gasteiger partial charge is 0.0406 e. The Morgan fingerprint density at radius 3 is 2.65 bits per heavy atom. The van der Waals surface area contributed by atoms with Crippen LogP contribution in [0.3, 0.4) is 0 Å². The van der Waals surface area contributed by atoms with Crippen molar-refractivity contribution in [3.05, 3.63) is 34.9 Å². The van der Waals surface area contributed by atoms with Crippen LogP contribution in [0.5, 0.6) is 0 Å². The van der Waals surface area contributed by atoms with Crippen molar-refractivity contribution in [2.75, 3.05) is 6.54 Å². The second-order valence-electron chi connectivity index (χ2n) is 6.19. The minimum atomic E-state index is 0.740. The second-order valence-corrected chi connectivity index (χ2v) is 6.63. The van der Waals surface area contributed by atoms with Gasteiger partial charge in [-0.3, -0.25) is 0 Å². The first-order valence-electron chi connectivity index (χ1n) is 8.25. The summed E-state index contributed by atoms with van der Waals surface area (Å²) in [6.07, 6.45) is 10.9. The molecule has 2 atom stereocenters. The van der Waals surface area contributed by atoms with Crippen LogP contribution in [0.1, 0.15) is 57.4 Å². The third-order valence-corrected chi connectivity index (χ3v) is 4.80. The fraction of sp³-hybridized carbons (Fsp3) is 0.667. The summed E-state index contributed by atoms with van der Waals surface area (Å²) in [5.74, 6) is 0.989. The second kappa shape index (κ2) is 8.69. The molecule has 0 aliphatic heterocycles. The number of benzene rings is 1. The van der Waals surface area contributed by atoms with Gasteiger partial charge in [0.25, 0.3) is 0 Å². The van der Waals surface area contributed by atoms with Gasteiger partial charge in [-0.2, -0.15) is 0 Å². The van der Waals surface area contributed by atoms with Crippen molar-refractivity contribution in [1.82, 2.24) is 5.32 Å². The van der Waals surface area contributed by atoms with Crippen LogP contribution in [-0.2, 0) is 6.42 Å². The molecule has 112 valence electrons. The maximum absolute atomic E-state index is 5.91. The molecule has 1 aliphatic rings. The van der Waals surface area contributed by atoms with Gasteiger partial charge < -0.3 is 5.32 Å². The van der Waals surface area contributed by atoms with E-state index in [9.17, 15) is 0 Å². The Morgan fingerprint density at radius 2 is 1.90 bits per heavy atom. The van der Waals surface area contributed by atoms with Gasteiger partial charge in [0.05, 0.1) is 0 Å². The lowest BCUT2D eigenvalue weighted by Gasteiger charge is -2.17. The lowest BCUT2D eigenvalue weighted by molar-refractivity contribution is 0.411. The highest BCUT2D eigenvalue weighted by Gasteiger charge is 2.17. The summed E-state index contributed by atoms with van der Waals surface area (Å²) < 4.78 is 0. The summed E-state index contributed by atoms with van der Waals surface area (Å²) in [7, 11) is 0. The van der Waals surface area contributed by atoms with E-state index in [1.807, 2.05) is 12.1 Å². The van der Waals surface area contributed by atoms with E-state index in [0.29, 0.717) is 0 Å². The molecular formula is C18H28ClN. The molecule has 0 spiro atoms. The Morgan fingerprint density at radius 1 is 1.10 bits per heavy atom. The van der Waals surface area contributed by atoms with Crippen molar-refractivity contribution < 1.29 is 0 Å². The van der Waals surface area contributed by atoms with E-state index in [1.165, 1.54) is 50.5 Å². The number of rotatable bonds is 6. The number of halogens is 1. The maximum atomic E-state index is 5.91. The molecular weight excluding hydrogens is 266 g/mol. The average molecular weight is 294 g/mol. The van der Waals surface area contributed by atoms with E-state index in [0.717, 1.165) is 29.9 Å². The quantitative estimate of drug-likeness (QED) is 0.709. The van der Waals surface area contributed by atoms with E-state index in [2.05, 4.69) is 24.4 Å². The van der Waals surface area contributed by atoms with Gasteiger partial charge in [-0.05, 0) is 55.8 Å². The molecule has 0 bridgehead atoms. The Kier molecular flexibility index (Phi) is 6.89. The van der Waals surface area contributed by atoms with Crippen LogP contribution in [0.2, 0.25) is 5.02 Å². The first-order chi connectivity index (χ1) is 9.78. The zero-order chi connectivity index (χ0) is 14.2. The number of nitrogens with one attached hydrogen (secondary N) is 1. The lowest BCUT2D eigenvalue weighted by atomic mass is 9.95. The molecule has 1 nitrogen and oxygen atoms in total. The van der Waals surface area contributed by atoms with Gasteiger partial charge in [-0.25, -0.2) is 0 Å². The van der Waals surface area contributed by atoms with Crippen molar-refractivity contribution in [2.24, 2.45) is 5.92 Å². The van der Waals surface area contributed by atoms with Crippen molar-refractivity contribution in [1.29, 1.82) is 0 Å². The van der Waals surface area contributed by atoms with Gasteiger partial charge in [0.1, 0.15) is 0 Å². The molecule has 0 amide bonds. The zero-order valence-electron chi connectivity index (χ0n) is 12.7. The predicted octanol–water partition coefficient (Wildman–Crippen LogP) is 5.22. The van der Waals surface area contributed by atoms with Crippen LogP contribution in [0.15, 0.2) is 24.3 Å². The Balaban J connectivity index is 1.67. The fourth-order valence-corrected chi connectivity index (χ4v) is 3.48. The molecule has 0 saturated heterocycles. The molecule has 0 aromatic heterocycles. The van der Waals surface area contributed by atoms with Crippen molar-refractivity contribution in [3.63, 3.8) is 0 Å². The van der Waals surface area contributed by atoms with E-state index in [-0.39, 0.29) is 0 Å². The molecule has 20 heavy (non-hydrogen) atoms. The van der Waals surface area contributed by atoms with Gasteiger partial charge >= 0.3 is 0 Å². The van der Waals surface area contributed by atoms with E-state index in [4.69, 9.17) is 11.6 Å². The minimum absolute atomic E-state index is 0.740. The number of hydrogen-bond donors (Lipinski definition) is 1. The third kappa shape index (κ3) is 5.46. The summed E-state index contributed by atoms with van der Waals surface area (Å²) in [4.78, 5) is 0. The van der Waals surface area contributed by atoms with Gasteiger partial charge in [0, 0.05) is 11.1 Å². The van der Waals surface area contributed by atoms with Crippen LogP contribution in [0.4, 0.5) is 0 Å². The largest absolute Gasteiger partial charge is 0.314 e. The summed E-state index contributed by atoms with van der Waals surface area (Å²) in [6, 6.07) is 8.97. The molecule has 1 fully saturated rings. The fourth-order valence-electron chi connectivity index (χ4n) is 3.35. The molecule has 0 heterocycles. The predicted molar refractivity (Wildman–Crippen MR) is 88.4 cm³/mol. The molecule has 0 radical (unpaired) electrons. The SMILES string of the molecule is CCCC1CCCC(NCCc2ccc(Cl)cc2)CC1. The molecule has 1 aromatic carbocycles. The van der Waals surface area contributed by atoms with Gasteiger partial charge in [-0.1, -0.05) is 56.3 Å². The molecule has 1 aliphatic carbocycles. The average Bonchev–Trinajstić information content (AvgIpc) is 2.67. The highest BCUT2D eigenvalue weighted by atomic mass is 35.5. The maximum Gasteiger partial charge on any atom is 0.0406 e. The summed E-state index contributed by atoms with van der Waals surface area (Å²) >= 11 is 5.91. The standard InChI is InChI=1S/C18H28ClN/c1-2-4-15-5-3-6-18(12-9-15)20-14-13-16-7-10-17(19)11-8-16/h7-8,10-11,15,18,20H,2-6,9,12-14H2,1H3. The molecule has 2 rings (SSSR count). The number of hydrogen-bond acceptors (Lipinski definition) is 1. The first-order valence-corrected chi connectivity index (χ1v) is 8.63. The lowest BCUT2D eigenvalue weighted by Crippen LogP contribution is -2.30. The van der Waals surface area contributed by atoms with Gasteiger partial charge in [0.15, 0.2) is 0 Å².